The molecule has 1 aromatic rings. The van der Waals surface area contributed by atoms with E-state index in [9.17, 15) is 5.11 Å². The molecule has 2 bridgehead atoms. The smallest absolute Gasteiger partial charge is 0.121 e. The van der Waals surface area contributed by atoms with E-state index in [4.69, 9.17) is 4.74 Å². The Morgan fingerprint density at radius 3 is 2.50 bits per heavy atom. The van der Waals surface area contributed by atoms with Crippen LogP contribution in [-0.2, 0) is 5.60 Å². The molecule has 110 valence electrons. The maximum absolute atomic E-state index is 11.3. The zero-order valence-electron chi connectivity index (χ0n) is 13.2. The maximum atomic E-state index is 11.3. The third-order valence-electron chi connectivity index (χ3n) is 6.43. The summed E-state index contributed by atoms with van der Waals surface area (Å²) in [6.07, 6.45) is 2.07. The molecular weight excluding hydrogens is 248 g/mol. The molecule has 4 atom stereocenters. The molecule has 0 radical (unpaired) electrons. The lowest BCUT2D eigenvalue weighted by molar-refractivity contribution is -0.0731. The molecule has 0 aliphatic heterocycles. The number of aliphatic hydroxyl groups is 1. The van der Waals surface area contributed by atoms with Crippen LogP contribution in [0, 0.1) is 30.1 Å². The average molecular weight is 274 g/mol. The molecule has 4 unspecified atom stereocenters. The first-order chi connectivity index (χ1) is 9.30. The van der Waals surface area contributed by atoms with Gasteiger partial charge in [0.05, 0.1) is 12.7 Å². The van der Waals surface area contributed by atoms with Crippen molar-refractivity contribution in [2.75, 3.05) is 7.11 Å². The van der Waals surface area contributed by atoms with Crippen molar-refractivity contribution in [1.82, 2.24) is 0 Å². The predicted molar refractivity (Wildman–Crippen MR) is 80.8 cm³/mol. The third kappa shape index (κ3) is 1.67. The SMILES string of the molecule is COc1ccc(C2(O)CC3CC2C(C)C3(C)C)cc1C. The Morgan fingerprint density at radius 1 is 1.30 bits per heavy atom. The summed E-state index contributed by atoms with van der Waals surface area (Å²) in [6, 6.07) is 6.15. The van der Waals surface area contributed by atoms with Gasteiger partial charge in [-0.2, -0.15) is 0 Å². The van der Waals surface area contributed by atoms with Gasteiger partial charge in [0.1, 0.15) is 5.75 Å². The second kappa shape index (κ2) is 4.24. The fourth-order valence-electron chi connectivity index (χ4n) is 4.67. The summed E-state index contributed by atoms with van der Waals surface area (Å²) in [5.74, 6) is 2.48. The number of aryl methyl sites for hydroxylation is 1. The normalized spacial score (nSPS) is 38.2. The first-order valence-electron chi connectivity index (χ1n) is 7.68. The fraction of sp³-hybridized carbons (Fsp3) is 0.667. The monoisotopic (exact) mass is 274 g/mol. The van der Waals surface area contributed by atoms with Gasteiger partial charge in [0.2, 0.25) is 0 Å². The van der Waals surface area contributed by atoms with Gasteiger partial charge in [0, 0.05) is 0 Å². The Hall–Kier alpha value is -1.02. The topological polar surface area (TPSA) is 29.5 Å². The number of hydrogen-bond acceptors (Lipinski definition) is 2. The second-order valence-corrected chi connectivity index (χ2v) is 7.46. The minimum atomic E-state index is -0.642. The summed E-state index contributed by atoms with van der Waals surface area (Å²) in [4.78, 5) is 0. The van der Waals surface area contributed by atoms with Crippen LogP contribution in [0.15, 0.2) is 18.2 Å². The van der Waals surface area contributed by atoms with Gasteiger partial charge in [-0.25, -0.2) is 0 Å². The molecule has 2 nitrogen and oxygen atoms in total. The van der Waals surface area contributed by atoms with E-state index in [0.717, 1.165) is 29.7 Å². The summed E-state index contributed by atoms with van der Waals surface area (Å²) in [7, 11) is 1.69. The zero-order chi connectivity index (χ0) is 14.7. The van der Waals surface area contributed by atoms with E-state index in [2.05, 4.69) is 26.8 Å². The zero-order valence-corrected chi connectivity index (χ0v) is 13.2. The molecule has 0 aromatic heterocycles. The Kier molecular flexibility index (Phi) is 2.95. The minimum Gasteiger partial charge on any atom is -0.496 e. The largest absolute Gasteiger partial charge is 0.496 e. The highest BCUT2D eigenvalue weighted by atomic mass is 16.5. The number of benzene rings is 1. The number of ether oxygens (including phenoxy) is 1. The molecule has 0 spiro atoms. The average Bonchev–Trinajstić information content (AvgIpc) is 2.86. The summed E-state index contributed by atoms with van der Waals surface area (Å²) >= 11 is 0. The molecule has 2 aliphatic rings. The molecule has 2 aliphatic carbocycles. The number of rotatable bonds is 2. The quantitative estimate of drug-likeness (QED) is 0.886. The van der Waals surface area contributed by atoms with E-state index in [-0.39, 0.29) is 0 Å². The van der Waals surface area contributed by atoms with Gasteiger partial charge >= 0.3 is 0 Å². The number of hydrogen-bond donors (Lipinski definition) is 1. The second-order valence-electron chi connectivity index (χ2n) is 7.46. The number of methoxy groups -OCH3 is 1. The van der Waals surface area contributed by atoms with E-state index < -0.39 is 5.60 Å². The molecule has 1 aromatic carbocycles. The van der Waals surface area contributed by atoms with Gasteiger partial charge in [-0.05, 0) is 66.2 Å². The van der Waals surface area contributed by atoms with Crippen molar-refractivity contribution in [2.24, 2.45) is 23.2 Å². The van der Waals surface area contributed by atoms with E-state index in [1.807, 2.05) is 19.1 Å². The molecule has 0 saturated heterocycles. The van der Waals surface area contributed by atoms with Gasteiger partial charge in [-0.1, -0.05) is 26.8 Å². The van der Waals surface area contributed by atoms with Crippen LogP contribution in [0.4, 0.5) is 0 Å². The lowest BCUT2D eigenvalue weighted by Gasteiger charge is -2.45. The summed E-state index contributed by atoms with van der Waals surface area (Å²) in [5, 5.41) is 11.3. The van der Waals surface area contributed by atoms with E-state index in [1.54, 1.807) is 7.11 Å². The Labute approximate surface area is 122 Å². The van der Waals surface area contributed by atoms with Crippen LogP contribution in [0.1, 0.15) is 44.7 Å². The van der Waals surface area contributed by atoms with Crippen LogP contribution in [0.3, 0.4) is 0 Å². The lowest BCUT2D eigenvalue weighted by Crippen LogP contribution is -2.43. The van der Waals surface area contributed by atoms with Crippen LogP contribution in [0.5, 0.6) is 5.75 Å². The molecule has 2 fully saturated rings. The van der Waals surface area contributed by atoms with E-state index >= 15 is 0 Å². The van der Waals surface area contributed by atoms with Gasteiger partial charge < -0.3 is 9.84 Å². The van der Waals surface area contributed by atoms with Gasteiger partial charge in [-0.15, -0.1) is 0 Å². The molecule has 0 amide bonds. The summed E-state index contributed by atoms with van der Waals surface area (Å²) in [5.41, 5.74) is 1.90. The van der Waals surface area contributed by atoms with Crippen LogP contribution in [0.25, 0.3) is 0 Å². The summed E-state index contributed by atoms with van der Waals surface area (Å²) < 4.78 is 5.33. The van der Waals surface area contributed by atoms with Gasteiger partial charge in [0.25, 0.3) is 0 Å². The van der Waals surface area contributed by atoms with Crippen molar-refractivity contribution in [3.63, 3.8) is 0 Å². The molecule has 0 heterocycles. The molecule has 2 heteroatoms. The van der Waals surface area contributed by atoms with Crippen molar-refractivity contribution in [1.29, 1.82) is 0 Å². The Balaban J connectivity index is 1.98. The van der Waals surface area contributed by atoms with E-state index in [1.165, 1.54) is 0 Å². The maximum Gasteiger partial charge on any atom is 0.121 e. The van der Waals surface area contributed by atoms with E-state index in [0.29, 0.717) is 23.2 Å². The Bertz CT molecular complexity index is 530. The van der Waals surface area contributed by atoms with Crippen LogP contribution >= 0.6 is 0 Å². The predicted octanol–water partition coefficient (Wildman–Crippen LogP) is 3.89. The molecule has 20 heavy (non-hydrogen) atoms. The molecule has 1 N–H and O–H groups in total. The molecule has 2 saturated carbocycles. The molecule has 3 rings (SSSR count). The van der Waals surface area contributed by atoms with Crippen molar-refractivity contribution in [3.8, 4) is 5.75 Å². The van der Waals surface area contributed by atoms with Gasteiger partial charge in [-0.3, -0.25) is 0 Å². The first kappa shape index (κ1) is 13.9. The number of fused-ring (bicyclic) bond motifs is 2. The van der Waals surface area contributed by atoms with Crippen LogP contribution in [-0.4, -0.2) is 12.2 Å². The lowest BCUT2D eigenvalue weighted by atomic mass is 9.63. The Morgan fingerprint density at radius 2 is 2.00 bits per heavy atom. The van der Waals surface area contributed by atoms with Crippen molar-refractivity contribution in [2.45, 2.75) is 46.1 Å². The van der Waals surface area contributed by atoms with Crippen molar-refractivity contribution in [3.05, 3.63) is 29.3 Å². The highest BCUT2D eigenvalue weighted by Crippen LogP contribution is 2.65. The fourth-order valence-corrected chi connectivity index (χ4v) is 4.67. The highest BCUT2D eigenvalue weighted by molar-refractivity contribution is 5.40. The van der Waals surface area contributed by atoms with Crippen LogP contribution < -0.4 is 4.74 Å². The first-order valence-corrected chi connectivity index (χ1v) is 7.68. The van der Waals surface area contributed by atoms with Gasteiger partial charge in [0.15, 0.2) is 0 Å². The van der Waals surface area contributed by atoms with Crippen molar-refractivity contribution < 1.29 is 9.84 Å². The summed E-state index contributed by atoms with van der Waals surface area (Å²) in [6.45, 7) is 9.08. The standard InChI is InChI=1S/C18H26O2/c1-11-8-13(6-7-16(11)20-5)18(19)10-14-9-15(18)12(2)17(14,3)4/h6-8,12,14-15,19H,9-10H2,1-5H3. The molecular formula is C18H26O2. The highest BCUT2D eigenvalue weighted by Gasteiger charge is 2.61. The van der Waals surface area contributed by atoms with Crippen LogP contribution in [0.2, 0.25) is 0 Å². The minimum absolute atomic E-state index is 0.360. The third-order valence-corrected chi connectivity index (χ3v) is 6.43. The van der Waals surface area contributed by atoms with Crippen molar-refractivity contribution >= 4 is 0 Å².